The van der Waals surface area contributed by atoms with Crippen LogP contribution in [0.3, 0.4) is 0 Å². The summed E-state index contributed by atoms with van der Waals surface area (Å²) < 4.78 is 49.7. The van der Waals surface area contributed by atoms with E-state index in [4.69, 9.17) is 16.3 Å². The summed E-state index contributed by atoms with van der Waals surface area (Å²) >= 11 is 6.08. The van der Waals surface area contributed by atoms with Crippen LogP contribution >= 0.6 is 11.6 Å². The summed E-state index contributed by atoms with van der Waals surface area (Å²) in [7, 11) is -2.51. The number of esters is 1. The summed E-state index contributed by atoms with van der Waals surface area (Å²) in [5, 5.41) is 0.158. The number of piperazine rings is 1. The van der Waals surface area contributed by atoms with Gasteiger partial charge in [-0.25, -0.2) is 17.6 Å². The van der Waals surface area contributed by atoms with Crippen LogP contribution in [-0.2, 0) is 19.6 Å². The predicted molar refractivity (Wildman–Crippen MR) is 110 cm³/mol. The van der Waals surface area contributed by atoms with E-state index in [1.165, 1.54) is 46.6 Å². The van der Waals surface area contributed by atoms with Crippen molar-refractivity contribution in [1.82, 2.24) is 9.21 Å². The molecular weight excluding hydrogens is 451 g/mol. The van der Waals surface area contributed by atoms with Crippen LogP contribution in [0.2, 0.25) is 5.02 Å². The first-order chi connectivity index (χ1) is 14.7. The topological polar surface area (TPSA) is 93.2 Å². The van der Waals surface area contributed by atoms with Gasteiger partial charge in [0.25, 0.3) is 5.91 Å². The van der Waals surface area contributed by atoms with Gasteiger partial charge in [-0.05, 0) is 42.5 Å². The van der Waals surface area contributed by atoms with Gasteiger partial charge in [-0.3, -0.25) is 4.79 Å². The van der Waals surface area contributed by atoms with Gasteiger partial charge in [0.15, 0.2) is 6.61 Å². The van der Waals surface area contributed by atoms with E-state index >= 15 is 0 Å². The molecule has 0 atom stereocenters. The molecule has 0 aromatic heterocycles. The Balaban J connectivity index is 1.55. The lowest BCUT2D eigenvalue weighted by Crippen LogP contribution is -2.51. The molecule has 1 amide bonds. The molecule has 11 heteroatoms. The molecule has 8 nitrogen and oxygen atoms in total. The Kier molecular flexibility index (Phi) is 7.14. The monoisotopic (exact) mass is 470 g/mol. The molecule has 166 valence electrons. The van der Waals surface area contributed by atoms with Crippen molar-refractivity contribution in [3.05, 3.63) is 58.9 Å². The molecule has 3 rings (SSSR count). The fourth-order valence-corrected chi connectivity index (χ4v) is 4.68. The van der Waals surface area contributed by atoms with Gasteiger partial charge in [0.2, 0.25) is 10.0 Å². The third kappa shape index (κ3) is 5.33. The normalized spacial score (nSPS) is 14.9. The predicted octanol–water partition coefficient (Wildman–Crippen LogP) is 2.18. The smallest absolute Gasteiger partial charge is 0.337 e. The van der Waals surface area contributed by atoms with E-state index in [1.807, 2.05) is 0 Å². The van der Waals surface area contributed by atoms with Crippen molar-refractivity contribution in [2.45, 2.75) is 4.90 Å². The molecule has 2 aromatic carbocycles. The van der Waals surface area contributed by atoms with Crippen molar-refractivity contribution in [3.8, 4) is 5.75 Å². The van der Waals surface area contributed by atoms with E-state index in [9.17, 15) is 22.4 Å². The van der Waals surface area contributed by atoms with Crippen molar-refractivity contribution >= 4 is 33.5 Å². The summed E-state index contributed by atoms with van der Waals surface area (Å²) in [4.78, 5) is 25.4. The second-order valence-corrected chi connectivity index (χ2v) is 9.01. The number of methoxy groups -OCH3 is 1. The average Bonchev–Trinajstić information content (AvgIpc) is 2.77. The van der Waals surface area contributed by atoms with Crippen molar-refractivity contribution in [2.24, 2.45) is 0 Å². The van der Waals surface area contributed by atoms with E-state index in [0.29, 0.717) is 0 Å². The summed E-state index contributed by atoms with van der Waals surface area (Å²) in [6, 6.07) is 8.92. The minimum Gasteiger partial charge on any atom is -0.482 e. The Labute approximate surface area is 184 Å². The van der Waals surface area contributed by atoms with E-state index in [2.05, 4.69) is 4.74 Å². The zero-order valence-corrected chi connectivity index (χ0v) is 18.2. The maximum atomic E-state index is 13.1. The average molecular weight is 471 g/mol. The first kappa shape index (κ1) is 23.0. The van der Waals surface area contributed by atoms with Gasteiger partial charge in [0.05, 0.1) is 22.6 Å². The zero-order chi connectivity index (χ0) is 22.6. The number of benzene rings is 2. The third-order valence-corrected chi connectivity index (χ3v) is 6.96. The highest BCUT2D eigenvalue weighted by molar-refractivity contribution is 7.89. The van der Waals surface area contributed by atoms with Crippen molar-refractivity contribution in [1.29, 1.82) is 0 Å². The van der Waals surface area contributed by atoms with Crippen molar-refractivity contribution in [2.75, 3.05) is 39.9 Å². The minimum absolute atomic E-state index is 0.00190. The fourth-order valence-electron chi connectivity index (χ4n) is 3.03. The molecule has 2 aromatic rings. The zero-order valence-electron chi connectivity index (χ0n) is 16.6. The van der Waals surface area contributed by atoms with Crippen LogP contribution in [0.1, 0.15) is 10.4 Å². The number of rotatable bonds is 6. The van der Waals surface area contributed by atoms with Crippen LogP contribution in [0.25, 0.3) is 0 Å². The Bertz CT molecular complexity index is 1070. The molecule has 0 unspecified atom stereocenters. The standard InChI is InChI=1S/C20H20ClFN2O6S/c1-29-20(26)14-2-7-18(17(21)12-14)30-13-19(25)23-8-10-24(11-9-23)31(27,28)16-5-3-15(22)4-6-16/h2-7,12H,8-11,13H2,1H3. The lowest BCUT2D eigenvalue weighted by atomic mass is 10.2. The molecule has 0 saturated carbocycles. The molecule has 1 fully saturated rings. The van der Waals surface area contributed by atoms with Crippen molar-refractivity contribution in [3.63, 3.8) is 0 Å². The number of ether oxygens (including phenoxy) is 2. The molecule has 1 heterocycles. The third-order valence-electron chi connectivity index (χ3n) is 4.75. The summed E-state index contributed by atoms with van der Waals surface area (Å²) in [6.45, 7) is 0.317. The number of carbonyl (C=O) groups excluding carboxylic acids is 2. The van der Waals surface area contributed by atoms with Crippen LogP contribution in [0.4, 0.5) is 4.39 Å². The molecule has 0 radical (unpaired) electrons. The van der Waals surface area contributed by atoms with Crippen molar-refractivity contribution < 1.29 is 31.9 Å². The Morgan fingerprint density at radius 1 is 1.06 bits per heavy atom. The van der Waals surface area contributed by atoms with Crippen LogP contribution in [-0.4, -0.2) is 69.4 Å². The largest absolute Gasteiger partial charge is 0.482 e. The number of carbonyl (C=O) groups is 2. The van der Waals surface area contributed by atoms with Crippen LogP contribution in [0, 0.1) is 5.82 Å². The van der Waals surface area contributed by atoms with Crippen LogP contribution in [0.15, 0.2) is 47.4 Å². The first-order valence-corrected chi connectivity index (χ1v) is 11.1. The Morgan fingerprint density at radius 2 is 1.71 bits per heavy atom. The van der Waals surface area contributed by atoms with Gasteiger partial charge < -0.3 is 14.4 Å². The van der Waals surface area contributed by atoms with Crippen LogP contribution in [0.5, 0.6) is 5.75 Å². The number of amides is 1. The van der Waals surface area contributed by atoms with E-state index in [0.717, 1.165) is 12.1 Å². The number of hydrogen-bond acceptors (Lipinski definition) is 6. The molecule has 1 saturated heterocycles. The van der Waals surface area contributed by atoms with Crippen LogP contribution < -0.4 is 4.74 Å². The molecule has 0 aliphatic carbocycles. The number of nitrogens with zero attached hydrogens (tertiary/aromatic N) is 2. The number of sulfonamides is 1. The lowest BCUT2D eigenvalue weighted by molar-refractivity contribution is -0.134. The first-order valence-electron chi connectivity index (χ1n) is 9.26. The summed E-state index contributed by atoms with van der Waals surface area (Å²) in [6.07, 6.45) is 0. The maximum absolute atomic E-state index is 13.1. The van der Waals surface area contributed by atoms with Gasteiger partial charge in [0, 0.05) is 26.2 Å². The SMILES string of the molecule is COC(=O)c1ccc(OCC(=O)N2CCN(S(=O)(=O)c3ccc(F)cc3)CC2)c(Cl)c1. The highest BCUT2D eigenvalue weighted by Crippen LogP contribution is 2.26. The highest BCUT2D eigenvalue weighted by Gasteiger charge is 2.30. The second-order valence-electron chi connectivity index (χ2n) is 6.66. The quantitative estimate of drug-likeness (QED) is 0.601. The molecule has 0 spiro atoms. The Hall–Kier alpha value is -2.69. The van der Waals surface area contributed by atoms with Gasteiger partial charge in [0.1, 0.15) is 11.6 Å². The maximum Gasteiger partial charge on any atom is 0.337 e. The molecule has 31 heavy (non-hydrogen) atoms. The number of halogens is 2. The molecule has 0 N–H and O–H groups in total. The van der Waals surface area contributed by atoms with Gasteiger partial charge in [-0.1, -0.05) is 11.6 Å². The van der Waals surface area contributed by atoms with E-state index in [-0.39, 0.29) is 59.9 Å². The molecule has 1 aliphatic heterocycles. The van der Waals surface area contributed by atoms with Gasteiger partial charge in [-0.15, -0.1) is 0 Å². The second kappa shape index (κ2) is 9.63. The highest BCUT2D eigenvalue weighted by atomic mass is 35.5. The van der Waals surface area contributed by atoms with E-state index < -0.39 is 21.8 Å². The minimum atomic E-state index is -3.76. The summed E-state index contributed by atoms with van der Waals surface area (Å²) in [5.74, 6) is -1.15. The lowest BCUT2D eigenvalue weighted by Gasteiger charge is -2.34. The molecule has 0 bridgehead atoms. The number of hydrogen-bond donors (Lipinski definition) is 0. The summed E-state index contributed by atoms with van der Waals surface area (Å²) in [5.41, 5.74) is 0.254. The van der Waals surface area contributed by atoms with E-state index in [1.54, 1.807) is 0 Å². The Morgan fingerprint density at radius 3 is 2.29 bits per heavy atom. The molecule has 1 aliphatic rings. The van der Waals surface area contributed by atoms with Gasteiger partial charge in [-0.2, -0.15) is 4.31 Å². The molecular formula is C20H20ClFN2O6S. The fraction of sp³-hybridized carbons (Fsp3) is 0.300. The van der Waals surface area contributed by atoms with Gasteiger partial charge >= 0.3 is 5.97 Å².